The number of H-pyrrole nitrogens is 2. The third kappa shape index (κ3) is 4.52. The van der Waals surface area contributed by atoms with Gasteiger partial charge in [-0.1, -0.05) is 24.3 Å². The highest BCUT2D eigenvalue weighted by atomic mass is 19.1. The molecule has 0 saturated carbocycles. The Morgan fingerprint density at radius 3 is 2.59 bits per heavy atom. The van der Waals surface area contributed by atoms with Crippen LogP contribution < -0.4 is 11.3 Å². The molecule has 1 aliphatic rings. The van der Waals surface area contributed by atoms with E-state index in [1.807, 2.05) is 12.1 Å². The van der Waals surface area contributed by atoms with Crippen LogP contribution in [0.3, 0.4) is 0 Å². The summed E-state index contributed by atoms with van der Waals surface area (Å²) in [6.45, 7) is 0.856. The first-order chi connectivity index (χ1) is 18.9. The Labute approximate surface area is 221 Å². The Balaban J connectivity index is 1.19. The van der Waals surface area contributed by atoms with Crippen LogP contribution in [0, 0.1) is 5.82 Å². The number of amides is 2. The molecule has 2 amide bonds. The fourth-order valence-electron chi connectivity index (χ4n) is 5.20. The van der Waals surface area contributed by atoms with Gasteiger partial charge < -0.3 is 15.6 Å². The maximum atomic E-state index is 14.8. The number of pyridine rings is 1. The normalized spacial score (nSPS) is 14.2. The van der Waals surface area contributed by atoms with Crippen molar-refractivity contribution < 1.29 is 14.0 Å². The Kier molecular flexibility index (Phi) is 6.10. The molecule has 4 N–H and O–H groups in total. The van der Waals surface area contributed by atoms with Crippen LogP contribution in [-0.4, -0.2) is 55.0 Å². The maximum Gasteiger partial charge on any atom is 0.272 e. The fourth-order valence-corrected chi connectivity index (χ4v) is 5.20. The van der Waals surface area contributed by atoms with Crippen molar-refractivity contribution in [1.82, 2.24) is 30.0 Å². The molecule has 1 saturated heterocycles. The Morgan fingerprint density at radius 2 is 1.82 bits per heavy atom. The highest BCUT2D eigenvalue weighted by Crippen LogP contribution is 2.29. The largest absolute Gasteiger partial charge is 0.365 e. The monoisotopic (exact) mass is 525 g/mol. The molecule has 2 aromatic carbocycles. The molecule has 0 spiro atoms. The number of primary amides is 1. The van der Waals surface area contributed by atoms with Gasteiger partial charge in [-0.3, -0.25) is 19.4 Å². The first-order valence-electron chi connectivity index (χ1n) is 12.6. The second kappa shape index (κ2) is 9.75. The third-order valence-electron chi connectivity index (χ3n) is 7.25. The summed E-state index contributed by atoms with van der Waals surface area (Å²) in [6.07, 6.45) is 4.57. The van der Waals surface area contributed by atoms with Crippen LogP contribution in [0.1, 0.15) is 56.6 Å². The topological polar surface area (TPSA) is 151 Å². The number of halogens is 1. The summed E-state index contributed by atoms with van der Waals surface area (Å²) in [7, 11) is 0. The summed E-state index contributed by atoms with van der Waals surface area (Å²) < 4.78 is 14.8. The molecule has 3 aromatic heterocycles. The van der Waals surface area contributed by atoms with E-state index < -0.39 is 11.7 Å². The number of nitrogens with one attached hydrogen (secondary N) is 2. The third-order valence-corrected chi connectivity index (χ3v) is 7.25. The lowest BCUT2D eigenvalue weighted by Crippen LogP contribution is -2.38. The molecule has 10 nitrogen and oxygen atoms in total. The molecule has 1 fully saturated rings. The van der Waals surface area contributed by atoms with Gasteiger partial charge in [0.1, 0.15) is 17.2 Å². The summed E-state index contributed by atoms with van der Waals surface area (Å²) >= 11 is 0. The van der Waals surface area contributed by atoms with Crippen LogP contribution in [0.25, 0.3) is 21.8 Å². The highest BCUT2D eigenvalue weighted by molar-refractivity contribution is 6.03. The molecule has 196 valence electrons. The summed E-state index contributed by atoms with van der Waals surface area (Å²) in [6, 6.07) is 11.6. The van der Waals surface area contributed by atoms with Crippen LogP contribution in [0.2, 0.25) is 0 Å². The minimum Gasteiger partial charge on any atom is -0.365 e. The summed E-state index contributed by atoms with van der Waals surface area (Å²) in [5.41, 5.74) is 7.88. The summed E-state index contributed by atoms with van der Waals surface area (Å²) in [5.74, 6) is -0.814. The van der Waals surface area contributed by atoms with Crippen LogP contribution in [-0.2, 0) is 6.42 Å². The van der Waals surface area contributed by atoms with Crippen molar-refractivity contribution in [2.24, 2.45) is 5.73 Å². The number of fused-ring (bicyclic) bond motifs is 2. The smallest absolute Gasteiger partial charge is 0.272 e. The summed E-state index contributed by atoms with van der Waals surface area (Å²) in [5, 5.41) is 7.94. The van der Waals surface area contributed by atoms with Crippen molar-refractivity contribution in [3.63, 3.8) is 0 Å². The number of benzene rings is 2. The van der Waals surface area contributed by atoms with E-state index in [0.29, 0.717) is 71.2 Å². The number of hydrogen-bond acceptors (Lipinski definition) is 6. The Bertz CT molecular complexity index is 1800. The average Bonchev–Trinajstić information content (AvgIpc) is 3.40. The first-order valence-corrected chi connectivity index (χ1v) is 12.6. The number of rotatable bonds is 5. The molecule has 5 aromatic rings. The Morgan fingerprint density at radius 1 is 1.05 bits per heavy atom. The van der Waals surface area contributed by atoms with Crippen molar-refractivity contribution in [1.29, 1.82) is 0 Å². The molecule has 1 aliphatic heterocycles. The molecule has 39 heavy (non-hydrogen) atoms. The molecule has 11 heteroatoms. The number of nitrogens with two attached hydrogens (primary N) is 1. The fraction of sp³-hybridized carbons (Fsp3) is 0.214. The number of carbonyl (C=O) groups is 2. The van der Waals surface area contributed by atoms with Gasteiger partial charge in [-0.25, -0.2) is 14.5 Å². The van der Waals surface area contributed by atoms with Gasteiger partial charge in [-0.2, -0.15) is 5.10 Å². The highest BCUT2D eigenvalue weighted by Gasteiger charge is 2.28. The van der Waals surface area contributed by atoms with Crippen molar-refractivity contribution in [2.75, 3.05) is 13.1 Å². The van der Waals surface area contributed by atoms with Crippen LogP contribution in [0.4, 0.5) is 4.39 Å². The van der Waals surface area contributed by atoms with Gasteiger partial charge in [-0.05, 0) is 36.6 Å². The molecule has 0 radical (unpaired) electrons. The predicted molar refractivity (Wildman–Crippen MR) is 142 cm³/mol. The van der Waals surface area contributed by atoms with Crippen molar-refractivity contribution in [3.8, 4) is 0 Å². The zero-order chi connectivity index (χ0) is 27.1. The van der Waals surface area contributed by atoms with Gasteiger partial charge >= 0.3 is 0 Å². The standard InChI is InChI=1S/C28H24FN7O3/c29-21-6-5-15(12-22-17-3-1-2-4-18(17)27(38)35-34-22)11-19(21)28(39)36-9-7-16(8-10-36)26-32-23-14-31-13-20(25(30)37)24(23)33-26/h1-6,11,13-14,16H,7-10,12H2,(H2,30,37)(H,32,33)(H,35,38). The van der Waals surface area contributed by atoms with Gasteiger partial charge in [0.25, 0.3) is 17.4 Å². The number of piperidine rings is 1. The van der Waals surface area contributed by atoms with Gasteiger partial charge in [-0.15, -0.1) is 0 Å². The van der Waals surface area contributed by atoms with Gasteiger partial charge in [0.15, 0.2) is 0 Å². The lowest BCUT2D eigenvalue weighted by atomic mass is 9.95. The van der Waals surface area contributed by atoms with E-state index in [-0.39, 0.29) is 28.5 Å². The van der Waals surface area contributed by atoms with Crippen molar-refractivity contribution >= 4 is 33.6 Å². The predicted octanol–water partition coefficient (Wildman–Crippen LogP) is 3.04. The number of nitrogens with zero attached hydrogens (tertiary/aromatic N) is 4. The quantitative estimate of drug-likeness (QED) is 0.321. The van der Waals surface area contributed by atoms with Crippen LogP contribution in [0.15, 0.2) is 59.7 Å². The number of aromatic amines is 2. The van der Waals surface area contributed by atoms with Gasteiger partial charge in [0, 0.05) is 37.0 Å². The van der Waals surface area contributed by atoms with E-state index in [2.05, 4.69) is 25.1 Å². The number of aromatic nitrogens is 5. The number of imidazole rings is 1. The van der Waals surface area contributed by atoms with E-state index in [1.54, 1.807) is 35.4 Å². The number of likely N-dealkylation sites (tertiary alicyclic amines) is 1. The molecule has 0 atom stereocenters. The van der Waals surface area contributed by atoms with Crippen molar-refractivity contribution in [2.45, 2.75) is 25.2 Å². The van der Waals surface area contributed by atoms with Gasteiger partial charge in [0.2, 0.25) is 0 Å². The van der Waals surface area contributed by atoms with Crippen LogP contribution >= 0.6 is 0 Å². The molecule has 0 bridgehead atoms. The Hall–Kier alpha value is -4.93. The molecular formula is C28H24FN7O3. The van der Waals surface area contributed by atoms with E-state index in [9.17, 15) is 18.8 Å². The zero-order valence-corrected chi connectivity index (χ0v) is 20.8. The number of hydrogen-bond donors (Lipinski definition) is 3. The van der Waals surface area contributed by atoms with E-state index in [4.69, 9.17) is 5.73 Å². The van der Waals surface area contributed by atoms with E-state index >= 15 is 0 Å². The van der Waals surface area contributed by atoms with E-state index in [1.165, 1.54) is 12.3 Å². The minimum absolute atomic E-state index is 0.000548. The van der Waals surface area contributed by atoms with Gasteiger partial charge in [0.05, 0.1) is 33.9 Å². The molecule has 6 rings (SSSR count). The molecule has 0 unspecified atom stereocenters. The second-order valence-electron chi connectivity index (χ2n) is 9.67. The lowest BCUT2D eigenvalue weighted by molar-refractivity contribution is 0.0706. The molecule has 4 heterocycles. The number of carbonyl (C=O) groups excluding carboxylic acids is 2. The summed E-state index contributed by atoms with van der Waals surface area (Å²) in [4.78, 5) is 50.6. The average molecular weight is 526 g/mol. The zero-order valence-electron chi connectivity index (χ0n) is 20.8. The van der Waals surface area contributed by atoms with Crippen LogP contribution in [0.5, 0.6) is 0 Å². The van der Waals surface area contributed by atoms with Crippen molar-refractivity contribution in [3.05, 3.63) is 99.2 Å². The maximum absolute atomic E-state index is 14.8. The minimum atomic E-state index is -0.597. The molecule has 0 aliphatic carbocycles. The first kappa shape index (κ1) is 24.4. The molecular weight excluding hydrogens is 501 g/mol. The lowest BCUT2D eigenvalue weighted by Gasteiger charge is -2.31. The van der Waals surface area contributed by atoms with E-state index in [0.717, 1.165) is 0 Å². The SMILES string of the molecule is NC(=O)c1cncc2[nH]c(C3CCN(C(=O)c4cc(Cc5n[nH]c(=O)c6ccccc56)ccc4F)CC3)nc12. The second-order valence-corrected chi connectivity index (χ2v) is 9.67.